The van der Waals surface area contributed by atoms with Crippen molar-refractivity contribution in [2.45, 2.75) is 77.0 Å². The first-order valence-electron chi connectivity index (χ1n) is 12.3. The number of amides is 1. The van der Waals surface area contributed by atoms with Crippen LogP contribution in [0.25, 0.3) is 10.4 Å². The highest BCUT2D eigenvalue weighted by Crippen LogP contribution is 2.37. The predicted octanol–water partition coefficient (Wildman–Crippen LogP) is 2.12. The maximum atomic E-state index is 13.3. The van der Waals surface area contributed by atoms with Crippen LogP contribution in [0.5, 0.6) is 0 Å². The van der Waals surface area contributed by atoms with E-state index in [9.17, 15) is 24.0 Å². The van der Waals surface area contributed by atoms with Gasteiger partial charge in [-0.2, -0.15) is 0 Å². The lowest BCUT2D eigenvalue weighted by Gasteiger charge is -2.48. The molecule has 0 aromatic heterocycles. The summed E-state index contributed by atoms with van der Waals surface area (Å²) in [7, 11) is 1.07. The molecule has 224 valence electrons. The van der Waals surface area contributed by atoms with Crippen molar-refractivity contribution < 1.29 is 52.4 Å². The molecule has 0 radical (unpaired) electrons. The number of halogens is 1. The summed E-state index contributed by atoms with van der Waals surface area (Å²) in [5.41, 5.74) is 9.47. The average Bonchev–Trinajstić information content (AvgIpc) is 2.89. The minimum Gasteiger partial charge on any atom is -0.465 e. The van der Waals surface area contributed by atoms with Gasteiger partial charge < -0.3 is 33.7 Å². The first-order chi connectivity index (χ1) is 19.3. The highest BCUT2D eigenvalue weighted by atomic mass is 35.5. The second-order valence-electron chi connectivity index (χ2n) is 8.96. The van der Waals surface area contributed by atoms with Crippen LogP contribution in [0, 0.1) is 0 Å². The zero-order valence-electron chi connectivity index (χ0n) is 23.0. The molecule has 1 aromatic carbocycles. The summed E-state index contributed by atoms with van der Waals surface area (Å²) >= 11 is 5.95. The van der Waals surface area contributed by atoms with Crippen LogP contribution in [-0.4, -0.2) is 79.7 Å². The Kier molecular flexibility index (Phi) is 12.3. The van der Waals surface area contributed by atoms with Crippen molar-refractivity contribution in [3.8, 4) is 0 Å². The van der Waals surface area contributed by atoms with Crippen LogP contribution >= 0.6 is 11.6 Å². The van der Waals surface area contributed by atoms with Gasteiger partial charge in [0.25, 0.3) is 5.79 Å². The molecule has 0 saturated carbocycles. The van der Waals surface area contributed by atoms with Crippen LogP contribution in [0.2, 0.25) is 5.02 Å². The zero-order chi connectivity index (χ0) is 30.7. The molecule has 15 nitrogen and oxygen atoms in total. The molecule has 1 aliphatic rings. The number of methoxy groups -OCH3 is 1. The molecule has 1 saturated heterocycles. The third-order valence-electron chi connectivity index (χ3n) is 5.75. The Hall–Kier alpha value is -3.91. The molecule has 2 rings (SSSR count). The van der Waals surface area contributed by atoms with Gasteiger partial charge in [-0.3, -0.25) is 19.2 Å². The summed E-state index contributed by atoms with van der Waals surface area (Å²) in [5.74, 6) is -6.42. The van der Waals surface area contributed by atoms with E-state index in [0.717, 1.165) is 27.9 Å². The van der Waals surface area contributed by atoms with E-state index < -0.39 is 79.0 Å². The van der Waals surface area contributed by atoms with Crippen molar-refractivity contribution in [3.63, 3.8) is 0 Å². The smallest absolute Gasteiger partial charge is 0.366 e. The van der Waals surface area contributed by atoms with Crippen molar-refractivity contribution >= 4 is 41.4 Å². The molecular formula is C25H31ClN4O11. The number of benzene rings is 1. The van der Waals surface area contributed by atoms with Crippen LogP contribution in [0.15, 0.2) is 29.4 Å². The van der Waals surface area contributed by atoms with Gasteiger partial charge in [0.1, 0.15) is 18.3 Å². The number of hydrogen-bond donors (Lipinski definition) is 1. The fraction of sp³-hybridized carbons (Fsp3) is 0.560. The molecule has 16 heteroatoms. The van der Waals surface area contributed by atoms with Crippen molar-refractivity contribution in [1.29, 1.82) is 0 Å². The molecule has 1 aliphatic heterocycles. The topological polar surface area (TPSA) is 202 Å². The summed E-state index contributed by atoms with van der Waals surface area (Å²) in [4.78, 5) is 64.4. The summed E-state index contributed by atoms with van der Waals surface area (Å²) in [6, 6.07) is 5.19. The monoisotopic (exact) mass is 598 g/mol. The summed E-state index contributed by atoms with van der Waals surface area (Å²) in [6.07, 6.45) is -6.43. The summed E-state index contributed by atoms with van der Waals surface area (Å²) in [5, 5.41) is 6.46. The quantitative estimate of drug-likeness (QED) is 0.121. The molecule has 0 unspecified atom stereocenters. The third kappa shape index (κ3) is 9.60. The van der Waals surface area contributed by atoms with Crippen LogP contribution in [-0.2, 0) is 59.0 Å². The zero-order valence-corrected chi connectivity index (χ0v) is 23.8. The van der Waals surface area contributed by atoms with Gasteiger partial charge in [-0.25, -0.2) is 4.79 Å². The van der Waals surface area contributed by atoms with Gasteiger partial charge in [0, 0.05) is 37.6 Å². The van der Waals surface area contributed by atoms with Crippen molar-refractivity contribution in [1.82, 2.24) is 5.32 Å². The lowest BCUT2D eigenvalue weighted by Crippen LogP contribution is -2.69. The lowest BCUT2D eigenvalue weighted by molar-refractivity contribution is -0.316. The van der Waals surface area contributed by atoms with Gasteiger partial charge in [-0.1, -0.05) is 28.8 Å². The number of esters is 4. The van der Waals surface area contributed by atoms with Gasteiger partial charge in [-0.15, -0.1) is 0 Å². The molecule has 41 heavy (non-hydrogen) atoms. The number of carbonyl (C=O) groups excluding carboxylic acids is 5. The number of rotatable bonds is 12. The minimum absolute atomic E-state index is 0.221. The van der Waals surface area contributed by atoms with Gasteiger partial charge in [-0.05, 0) is 23.2 Å². The largest absolute Gasteiger partial charge is 0.465 e. The van der Waals surface area contributed by atoms with Crippen molar-refractivity contribution in [2.24, 2.45) is 5.11 Å². The van der Waals surface area contributed by atoms with E-state index in [0.29, 0.717) is 10.6 Å². The van der Waals surface area contributed by atoms with Crippen LogP contribution in [0.1, 0.15) is 39.7 Å². The summed E-state index contributed by atoms with van der Waals surface area (Å²) < 4.78 is 33.3. The van der Waals surface area contributed by atoms with E-state index in [2.05, 4.69) is 15.3 Å². The van der Waals surface area contributed by atoms with Crippen molar-refractivity contribution in [3.05, 3.63) is 45.3 Å². The predicted molar refractivity (Wildman–Crippen MR) is 139 cm³/mol. The number of hydrogen-bond acceptors (Lipinski definition) is 12. The third-order valence-corrected chi connectivity index (χ3v) is 6.01. The Bertz CT molecular complexity index is 1170. The van der Waals surface area contributed by atoms with E-state index in [4.69, 9.17) is 45.6 Å². The van der Waals surface area contributed by atoms with Crippen LogP contribution in [0.3, 0.4) is 0 Å². The van der Waals surface area contributed by atoms with Gasteiger partial charge >= 0.3 is 23.9 Å². The molecular weight excluding hydrogens is 568 g/mol. The highest BCUT2D eigenvalue weighted by molar-refractivity contribution is 6.30. The van der Waals surface area contributed by atoms with Gasteiger partial charge in [0.15, 0.2) is 6.10 Å². The number of ether oxygens (including phenoxy) is 6. The Labute approximate surface area is 240 Å². The van der Waals surface area contributed by atoms with E-state index in [-0.39, 0.29) is 6.61 Å². The molecule has 0 spiro atoms. The van der Waals surface area contributed by atoms with Crippen LogP contribution < -0.4 is 5.32 Å². The standard InChI is InChI=1S/C25H31ClN4O11/c1-13(31)29-21-19(38-14(2)32)10-25(24(35)36-5,37-12-17-6-8-18(26)9-7-17)41-23(21)22(40-16(4)34)20(11-28-30-27)39-15(3)33/h6-9,19-23H,10-12H2,1-5H3,(H,29,31)/t19-,20+,21+,22+,23+,25-/m0/s1. The molecule has 1 heterocycles. The number of nitrogens with zero attached hydrogens (tertiary/aromatic N) is 3. The highest BCUT2D eigenvalue weighted by Gasteiger charge is 2.59. The van der Waals surface area contributed by atoms with Gasteiger partial charge in [0.05, 0.1) is 32.7 Å². The van der Waals surface area contributed by atoms with Gasteiger partial charge in [0.2, 0.25) is 5.91 Å². The average molecular weight is 599 g/mol. The second-order valence-corrected chi connectivity index (χ2v) is 9.39. The van der Waals surface area contributed by atoms with E-state index in [1.165, 1.54) is 6.92 Å². The number of carbonyl (C=O) groups is 5. The fourth-order valence-electron chi connectivity index (χ4n) is 4.26. The Balaban J connectivity index is 2.71. The number of nitrogens with one attached hydrogen (secondary N) is 1. The molecule has 1 aromatic rings. The second kappa shape index (κ2) is 15.2. The lowest BCUT2D eigenvalue weighted by atomic mass is 9.87. The fourth-order valence-corrected chi connectivity index (χ4v) is 4.38. The van der Waals surface area contributed by atoms with Crippen LogP contribution in [0.4, 0.5) is 0 Å². The molecule has 6 atom stereocenters. The Morgan fingerprint density at radius 1 is 1.10 bits per heavy atom. The molecule has 0 aliphatic carbocycles. The Morgan fingerprint density at radius 2 is 1.73 bits per heavy atom. The molecule has 1 N–H and O–H groups in total. The SMILES string of the molecule is COC(=O)[C@]1(OCc2ccc(Cl)cc2)C[C@H](OC(C)=O)[C@@H](NC(C)=O)[C@H]([C@H](OC(C)=O)[C@@H](CN=[N+]=[N-])OC(C)=O)O1. The molecule has 0 bridgehead atoms. The van der Waals surface area contributed by atoms with Crippen molar-refractivity contribution in [2.75, 3.05) is 13.7 Å². The first-order valence-corrected chi connectivity index (χ1v) is 12.6. The molecule has 1 amide bonds. The Morgan fingerprint density at radius 3 is 2.24 bits per heavy atom. The van der Waals surface area contributed by atoms with E-state index >= 15 is 0 Å². The summed E-state index contributed by atoms with van der Waals surface area (Å²) in [6.45, 7) is 3.64. The minimum atomic E-state index is -2.29. The van der Waals surface area contributed by atoms with E-state index in [1.807, 2.05) is 0 Å². The van der Waals surface area contributed by atoms with E-state index in [1.54, 1.807) is 24.3 Å². The maximum Gasteiger partial charge on any atom is 0.366 e. The first kappa shape index (κ1) is 33.3. The maximum absolute atomic E-state index is 13.3. The normalized spacial score (nSPS) is 23.1. The number of azide groups is 1. The molecule has 1 fully saturated rings.